The van der Waals surface area contributed by atoms with E-state index in [0.29, 0.717) is 6.04 Å². The van der Waals surface area contributed by atoms with Gasteiger partial charge in [-0.25, -0.2) is 0 Å². The highest BCUT2D eigenvalue weighted by Crippen LogP contribution is 2.23. The largest absolute Gasteiger partial charge is 0.378 e. The highest BCUT2D eigenvalue weighted by molar-refractivity contribution is 14.1. The first-order valence-corrected chi connectivity index (χ1v) is 8.15. The van der Waals surface area contributed by atoms with E-state index in [4.69, 9.17) is 0 Å². The summed E-state index contributed by atoms with van der Waals surface area (Å²) in [6.07, 6.45) is 2.10. The number of rotatable bonds is 4. The molecule has 1 nitrogen and oxygen atoms in total. The summed E-state index contributed by atoms with van der Waals surface area (Å²) in [7, 11) is 0. The van der Waals surface area contributed by atoms with E-state index >= 15 is 0 Å². The smallest absolute Gasteiger partial charge is 0.0485 e. The molecule has 0 aliphatic heterocycles. The van der Waals surface area contributed by atoms with Gasteiger partial charge in [0.15, 0.2) is 0 Å². The minimum absolute atomic E-state index is 0.319. The van der Waals surface area contributed by atoms with Gasteiger partial charge >= 0.3 is 0 Å². The van der Waals surface area contributed by atoms with Gasteiger partial charge in [0.2, 0.25) is 0 Å². The molecule has 3 heteroatoms. The van der Waals surface area contributed by atoms with Crippen LogP contribution >= 0.6 is 34.4 Å². The first-order valence-electron chi connectivity index (χ1n) is 5.85. The van der Waals surface area contributed by atoms with E-state index in [2.05, 4.69) is 89.6 Å². The summed E-state index contributed by atoms with van der Waals surface area (Å²) in [6, 6.07) is 17.5. The molecule has 0 bridgehead atoms. The second kappa shape index (κ2) is 6.48. The molecule has 0 saturated heterocycles. The van der Waals surface area contributed by atoms with Gasteiger partial charge < -0.3 is 5.32 Å². The van der Waals surface area contributed by atoms with Crippen LogP contribution < -0.4 is 5.32 Å². The molecule has 0 amide bonds. The molecule has 2 aromatic carbocycles. The lowest BCUT2D eigenvalue weighted by molar-refractivity contribution is 0.883. The number of thioether (sulfide) groups is 1. The van der Waals surface area contributed by atoms with Crippen LogP contribution in [0.15, 0.2) is 53.4 Å². The van der Waals surface area contributed by atoms with Gasteiger partial charge in [0, 0.05) is 20.2 Å². The van der Waals surface area contributed by atoms with Crippen LogP contribution in [-0.2, 0) is 0 Å². The molecule has 0 aliphatic carbocycles. The molecule has 0 aromatic heterocycles. The van der Waals surface area contributed by atoms with E-state index < -0.39 is 0 Å². The summed E-state index contributed by atoms with van der Waals surface area (Å²) < 4.78 is 1.27. The van der Waals surface area contributed by atoms with E-state index in [1.165, 1.54) is 19.7 Å². The second-order valence-corrected chi connectivity index (χ2v) is 6.27. The van der Waals surface area contributed by atoms with Gasteiger partial charge in [-0.3, -0.25) is 0 Å². The number of benzene rings is 2. The minimum Gasteiger partial charge on any atom is -0.378 e. The Morgan fingerprint density at radius 2 is 1.83 bits per heavy atom. The summed E-state index contributed by atoms with van der Waals surface area (Å²) in [5.41, 5.74) is 2.48. The van der Waals surface area contributed by atoms with Gasteiger partial charge in [0.25, 0.3) is 0 Å². The van der Waals surface area contributed by atoms with Crippen molar-refractivity contribution in [2.24, 2.45) is 0 Å². The van der Waals surface area contributed by atoms with Crippen molar-refractivity contribution in [1.82, 2.24) is 0 Å². The Balaban J connectivity index is 2.10. The third kappa shape index (κ3) is 3.65. The Bertz CT molecular complexity index is 510. The van der Waals surface area contributed by atoms with Gasteiger partial charge in [-0.05, 0) is 71.7 Å². The summed E-state index contributed by atoms with van der Waals surface area (Å²) in [5, 5.41) is 3.54. The number of nitrogens with one attached hydrogen (secondary N) is 1. The molecule has 0 radical (unpaired) electrons. The zero-order chi connectivity index (χ0) is 13.0. The van der Waals surface area contributed by atoms with E-state index in [-0.39, 0.29) is 0 Å². The highest BCUT2D eigenvalue weighted by Gasteiger charge is 2.05. The standard InChI is InChI=1S/C15H16INS/c1-11(12-6-8-13(16)9-7-12)17-14-4-3-5-15(10-14)18-2/h3-11,17H,1-2H3. The Kier molecular flexibility index (Phi) is 4.95. The predicted octanol–water partition coefficient (Wildman–Crippen LogP) is 5.19. The number of hydrogen-bond donors (Lipinski definition) is 1. The van der Waals surface area contributed by atoms with Gasteiger partial charge in [-0.15, -0.1) is 11.8 Å². The molecule has 0 spiro atoms. The molecule has 94 valence electrons. The van der Waals surface area contributed by atoms with Crippen LogP contribution in [0.1, 0.15) is 18.5 Å². The molecular formula is C15H16INS. The molecule has 1 atom stereocenters. The second-order valence-electron chi connectivity index (χ2n) is 4.15. The lowest BCUT2D eigenvalue weighted by atomic mass is 10.1. The maximum absolute atomic E-state index is 3.54. The van der Waals surface area contributed by atoms with Crippen molar-refractivity contribution in [2.45, 2.75) is 17.9 Å². The van der Waals surface area contributed by atoms with Gasteiger partial charge in [0.05, 0.1) is 0 Å². The fourth-order valence-electron chi connectivity index (χ4n) is 1.80. The Morgan fingerprint density at radius 3 is 2.50 bits per heavy atom. The van der Waals surface area contributed by atoms with Crippen molar-refractivity contribution < 1.29 is 0 Å². The molecular weight excluding hydrogens is 353 g/mol. The van der Waals surface area contributed by atoms with E-state index in [0.717, 1.165) is 0 Å². The molecule has 2 aromatic rings. The lowest BCUT2D eigenvalue weighted by Crippen LogP contribution is -2.06. The van der Waals surface area contributed by atoms with Crippen molar-refractivity contribution in [3.05, 3.63) is 57.7 Å². The van der Waals surface area contributed by atoms with Crippen LogP contribution in [0.3, 0.4) is 0 Å². The first kappa shape index (κ1) is 13.7. The van der Waals surface area contributed by atoms with Crippen molar-refractivity contribution >= 4 is 40.0 Å². The Hall–Kier alpha value is -0.680. The van der Waals surface area contributed by atoms with Crippen molar-refractivity contribution in [3.8, 4) is 0 Å². The monoisotopic (exact) mass is 369 g/mol. The molecule has 0 heterocycles. The number of halogens is 1. The normalized spacial score (nSPS) is 12.2. The molecule has 0 aliphatic rings. The predicted molar refractivity (Wildman–Crippen MR) is 89.4 cm³/mol. The molecule has 0 fully saturated rings. The van der Waals surface area contributed by atoms with Crippen LogP contribution in [0, 0.1) is 3.57 Å². The van der Waals surface area contributed by atoms with Crippen LogP contribution in [-0.4, -0.2) is 6.26 Å². The topological polar surface area (TPSA) is 12.0 Å². The van der Waals surface area contributed by atoms with Gasteiger partial charge in [0.1, 0.15) is 0 Å². The fraction of sp³-hybridized carbons (Fsp3) is 0.200. The SMILES string of the molecule is CSc1cccc(NC(C)c2ccc(I)cc2)c1. The van der Waals surface area contributed by atoms with Crippen LogP contribution in [0.4, 0.5) is 5.69 Å². The highest BCUT2D eigenvalue weighted by atomic mass is 127. The van der Waals surface area contributed by atoms with Crippen LogP contribution in [0.5, 0.6) is 0 Å². The zero-order valence-corrected chi connectivity index (χ0v) is 13.5. The first-order chi connectivity index (χ1) is 8.69. The average Bonchev–Trinajstić information content (AvgIpc) is 2.39. The van der Waals surface area contributed by atoms with Crippen molar-refractivity contribution in [2.75, 3.05) is 11.6 Å². The summed E-state index contributed by atoms with van der Waals surface area (Å²) in [6.45, 7) is 2.19. The average molecular weight is 369 g/mol. The number of anilines is 1. The third-order valence-electron chi connectivity index (χ3n) is 2.82. The van der Waals surface area contributed by atoms with Crippen LogP contribution in [0.25, 0.3) is 0 Å². The number of hydrogen-bond acceptors (Lipinski definition) is 2. The van der Waals surface area contributed by atoms with Crippen LogP contribution in [0.2, 0.25) is 0 Å². The molecule has 1 N–H and O–H groups in total. The molecule has 2 rings (SSSR count). The minimum atomic E-state index is 0.319. The third-order valence-corrected chi connectivity index (χ3v) is 4.27. The molecule has 18 heavy (non-hydrogen) atoms. The van der Waals surface area contributed by atoms with E-state index in [1.54, 1.807) is 11.8 Å². The quantitative estimate of drug-likeness (QED) is 0.588. The summed E-state index contributed by atoms with van der Waals surface area (Å²) >= 11 is 4.10. The Labute approximate surface area is 127 Å². The lowest BCUT2D eigenvalue weighted by Gasteiger charge is -2.16. The zero-order valence-electron chi connectivity index (χ0n) is 10.5. The molecule has 0 saturated carbocycles. The molecule has 1 unspecified atom stereocenters. The van der Waals surface area contributed by atoms with Gasteiger partial charge in [-0.2, -0.15) is 0 Å². The maximum Gasteiger partial charge on any atom is 0.0485 e. The summed E-state index contributed by atoms with van der Waals surface area (Å²) in [4.78, 5) is 1.29. The Morgan fingerprint density at radius 1 is 1.11 bits per heavy atom. The van der Waals surface area contributed by atoms with E-state index in [9.17, 15) is 0 Å². The van der Waals surface area contributed by atoms with Crippen molar-refractivity contribution in [1.29, 1.82) is 0 Å². The van der Waals surface area contributed by atoms with Gasteiger partial charge in [-0.1, -0.05) is 18.2 Å². The fourth-order valence-corrected chi connectivity index (χ4v) is 2.62. The van der Waals surface area contributed by atoms with Crippen molar-refractivity contribution in [3.63, 3.8) is 0 Å². The maximum atomic E-state index is 3.54. The van der Waals surface area contributed by atoms with E-state index in [1.807, 2.05) is 0 Å². The summed E-state index contributed by atoms with van der Waals surface area (Å²) in [5.74, 6) is 0.